The van der Waals surface area contributed by atoms with Crippen LogP contribution >= 0.6 is 0 Å². The number of benzene rings is 1. The number of likely N-dealkylation sites (tertiary alicyclic amines) is 1. The lowest BCUT2D eigenvalue weighted by molar-refractivity contribution is 0.220. The molecule has 0 amide bonds. The van der Waals surface area contributed by atoms with Crippen LogP contribution in [-0.2, 0) is 13.0 Å². The first-order chi connectivity index (χ1) is 9.42. The Hall–Kier alpha value is -0.860. The highest BCUT2D eigenvalue weighted by Gasteiger charge is 2.17. The molecule has 1 aromatic rings. The molecule has 0 aromatic heterocycles. The van der Waals surface area contributed by atoms with Crippen LogP contribution in [0.5, 0.6) is 0 Å². The molecule has 2 fully saturated rings. The molecule has 2 saturated heterocycles. The fourth-order valence-corrected chi connectivity index (χ4v) is 3.47. The first kappa shape index (κ1) is 13.1. The molecule has 0 spiro atoms. The summed E-state index contributed by atoms with van der Waals surface area (Å²) >= 11 is 0. The van der Waals surface area contributed by atoms with E-state index in [-0.39, 0.29) is 0 Å². The van der Waals surface area contributed by atoms with E-state index in [0.29, 0.717) is 6.04 Å². The van der Waals surface area contributed by atoms with Gasteiger partial charge < -0.3 is 5.32 Å². The zero-order chi connectivity index (χ0) is 12.9. The molecule has 2 aliphatic heterocycles. The maximum atomic E-state index is 3.62. The van der Waals surface area contributed by atoms with Crippen molar-refractivity contribution >= 4 is 0 Å². The van der Waals surface area contributed by atoms with Crippen molar-refractivity contribution in [2.45, 2.75) is 51.1 Å². The smallest absolute Gasteiger partial charge is 0.0236 e. The summed E-state index contributed by atoms with van der Waals surface area (Å²) in [6.07, 6.45) is 8.09. The molecule has 104 valence electrons. The molecule has 3 rings (SSSR count). The Morgan fingerprint density at radius 2 is 1.79 bits per heavy atom. The third kappa shape index (κ3) is 3.58. The number of hydrogen-bond donors (Lipinski definition) is 1. The van der Waals surface area contributed by atoms with Crippen LogP contribution in [0.1, 0.15) is 43.2 Å². The van der Waals surface area contributed by atoms with Crippen molar-refractivity contribution in [2.24, 2.45) is 0 Å². The van der Waals surface area contributed by atoms with Crippen molar-refractivity contribution in [3.8, 4) is 0 Å². The van der Waals surface area contributed by atoms with E-state index in [1.807, 2.05) is 0 Å². The summed E-state index contributed by atoms with van der Waals surface area (Å²) in [6.45, 7) is 4.94. The van der Waals surface area contributed by atoms with Gasteiger partial charge in [-0.3, -0.25) is 4.90 Å². The Labute approximate surface area is 117 Å². The maximum Gasteiger partial charge on any atom is 0.0236 e. The lowest BCUT2D eigenvalue weighted by atomic mass is 9.98. The molecule has 1 N–H and O–H groups in total. The molecule has 2 heteroatoms. The van der Waals surface area contributed by atoms with Crippen LogP contribution < -0.4 is 5.32 Å². The van der Waals surface area contributed by atoms with Crippen molar-refractivity contribution < 1.29 is 0 Å². The average Bonchev–Trinajstić information content (AvgIpc) is 2.95. The molecular formula is C17H26N2. The van der Waals surface area contributed by atoms with Crippen LogP contribution in [0.3, 0.4) is 0 Å². The van der Waals surface area contributed by atoms with E-state index in [0.717, 1.165) is 6.54 Å². The highest BCUT2D eigenvalue weighted by atomic mass is 15.1. The Morgan fingerprint density at radius 3 is 2.53 bits per heavy atom. The molecule has 0 saturated carbocycles. The molecular weight excluding hydrogens is 232 g/mol. The first-order valence-corrected chi connectivity index (χ1v) is 7.94. The second-order valence-corrected chi connectivity index (χ2v) is 6.10. The van der Waals surface area contributed by atoms with Crippen molar-refractivity contribution in [1.29, 1.82) is 0 Å². The number of nitrogens with one attached hydrogen (secondary N) is 1. The van der Waals surface area contributed by atoms with Crippen LogP contribution in [0, 0.1) is 0 Å². The zero-order valence-corrected chi connectivity index (χ0v) is 11.9. The van der Waals surface area contributed by atoms with E-state index in [1.165, 1.54) is 58.2 Å². The van der Waals surface area contributed by atoms with Crippen molar-refractivity contribution in [1.82, 2.24) is 10.2 Å². The van der Waals surface area contributed by atoms with E-state index in [2.05, 4.69) is 34.5 Å². The fraction of sp³-hybridized carbons (Fsp3) is 0.647. The van der Waals surface area contributed by atoms with Crippen LogP contribution in [0.4, 0.5) is 0 Å². The van der Waals surface area contributed by atoms with Crippen molar-refractivity contribution in [3.05, 3.63) is 35.4 Å². The van der Waals surface area contributed by atoms with Crippen molar-refractivity contribution in [3.63, 3.8) is 0 Å². The van der Waals surface area contributed by atoms with Gasteiger partial charge in [0.15, 0.2) is 0 Å². The molecule has 0 bridgehead atoms. The Bertz CT molecular complexity index is 390. The van der Waals surface area contributed by atoms with Gasteiger partial charge in [0.05, 0.1) is 0 Å². The molecule has 0 radical (unpaired) electrons. The van der Waals surface area contributed by atoms with Gasteiger partial charge in [-0.15, -0.1) is 0 Å². The lowest BCUT2D eigenvalue weighted by Gasteiger charge is -2.27. The second kappa shape index (κ2) is 6.53. The van der Waals surface area contributed by atoms with Gasteiger partial charge in [0.2, 0.25) is 0 Å². The molecule has 2 nitrogen and oxygen atoms in total. The summed E-state index contributed by atoms with van der Waals surface area (Å²) < 4.78 is 0. The molecule has 2 heterocycles. The summed E-state index contributed by atoms with van der Waals surface area (Å²) in [5.41, 5.74) is 3.12. The highest BCUT2D eigenvalue weighted by Crippen LogP contribution is 2.19. The Morgan fingerprint density at radius 1 is 1.00 bits per heavy atom. The summed E-state index contributed by atoms with van der Waals surface area (Å²) in [5.74, 6) is 0. The van der Waals surface area contributed by atoms with Crippen molar-refractivity contribution in [2.75, 3.05) is 19.6 Å². The standard InChI is InChI=1S/C17H26N2/c1-4-11-19(12-5-1)14-16-8-3-2-7-15(16)13-17-9-6-10-18-17/h2-3,7-8,17-18H,1,4-6,9-14H2. The van der Waals surface area contributed by atoms with Gasteiger partial charge in [-0.05, 0) is 62.9 Å². The number of nitrogens with zero attached hydrogens (tertiary/aromatic N) is 1. The largest absolute Gasteiger partial charge is 0.314 e. The number of hydrogen-bond acceptors (Lipinski definition) is 2. The summed E-state index contributed by atoms with van der Waals surface area (Å²) in [5, 5.41) is 3.62. The van der Waals surface area contributed by atoms with Gasteiger partial charge in [-0.2, -0.15) is 0 Å². The maximum absolute atomic E-state index is 3.62. The number of piperidine rings is 1. The Balaban J connectivity index is 1.65. The second-order valence-electron chi connectivity index (χ2n) is 6.10. The fourth-order valence-electron chi connectivity index (χ4n) is 3.47. The molecule has 1 unspecified atom stereocenters. The van der Waals surface area contributed by atoms with E-state index in [1.54, 1.807) is 11.1 Å². The highest BCUT2D eigenvalue weighted by molar-refractivity contribution is 5.28. The SMILES string of the molecule is c1ccc(CN2CCCCC2)c(CC2CCCN2)c1. The summed E-state index contributed by atoms with van der Waals surface area (Å²) in [6, 6.07) is 9.77. The lowest BCUT2D eigenvalue weighted by Crippen LogP contribution is -2.30. The number of rotatable bonds is 4. The normalized spacial score (nSPS) is 24.7. The van der Waals surface area contributed by atoms with Gasteiger partial charge >= 0.3 is 0 Å². The molecule has 1 aromatic carbocycles. The third-order valence-corrected chi connectivity index (χ3v) is 4.59. The summed E-state index contributed by atoms with van der Waals surface area (Å²) in [4.78, 5) is 2.63. The van der Waals surface area contributed by atoms with Crippen LogP contribution in [-0.4, -0.2) is 30.6 Å². The van der Waals surface area contributed by atoms with Gasteiger partial charge in [-0.25, -0.2) is 0 Å². The van der Waals surface area contributed by atoms with Gasteiger partial charge in [0.1, 0.15) is 0 Å². The van der Waals surface area contributed by atoms with E-state index < -0.39 is 0 Å². The zero-order valence-electron chi connectivity index (χ0n) is 11.9. The third-order valence-electron chi connectivity index (χ3n) is 4.59. The first-order valence-electron chi connectivity index (χ1n) is 7.94. The van der Waals surface area contributed by atoms with Gasteiger partial charge in [-0.1, -0.05) is 30.7 Å². The molecule has 19 heavy (non-hydrogen) atoms. The average molecular weight is 258 g/mol. The molecule has 1 atom stereocenters. The van der Waals surface area contributed by atoms with Crippen LogP contribution in [0.25, 0.3) is 0 Å². The summed E-state index contributed by atoms with van der Waals surface area (Å²) in [7, 11) is 0. The van der Waals surface area contributed by atoms with E-state index in [4.69, 9.17) is 0 Å². The quantitative estimate of drug-likeness (QED) is 0.893. The van der Waals surface area contributed by atoms with E-state index in [9.17, 15) is 0 Å². The van der Waals surface area contributed by atoms with Crippen LogP contribution in [0.2, 0.25) is 0 Å². The van der Waals surface area contributed by atoms with E-state index >= 15 is 0 Å². The minimum atomic E-state index is 0.711. The monoisotopic (exact) mass is 258 g/mol. The molecule has 0 aliphatic carbocycles. The predicted molar refractivity (Wildman–Crippen MR) is 80.3 cm³/mol. The topological polar surface area (TPSA) is 15.3 Å². The predicted octanol–water partition coefficient (Wildman–Crippen LogP) is 2.97. The Kier molecular flexibility index (Phi) is 4.52. The minimum absolute atomic E-state index is 0.711. The minimum Gasteiger partial charge on any atom is -0.314 e. The van der Waals surface area contributed by atoms with Crippen LogP contribution in [0.15, 0.2) is 24.3 Å². The van der Waals surface area contributed by atoms with Gasteiger partial charge in [0, 0.05) is 12.6 Å². The molecule has 2 aliphatic rings. The van der Waals surface area contributed by atoms with Gasteiger partial charge in [0.25, 0.3) is 0 Å².